The van der Waals surface area contributed by atoms with Gasteiger partial charge in [-0.25, -0.2) is 4.39 Å². The SMILES string of the molecule is O=C1CC(c2ccc(O)cc2)(c2ccc(O)c(F)c2)c2ccccc21. The van der Waals surface area contributed by atoms with Gasteiger partial charge < -0.3 is 10.2 Å². The first kappa shape index (κ1) is 15.4. The minimum atomic E-state index is -0.851. The van der Waals surface area contributed by atoms with Gasteiger partial charge in [0.15, 0.2) is 17.3 Å². The first-order chi connectivity index (χ1) is 12.0. The third kappa shape index (κ3) is 2.22. The van der Waals surface area contributed by atoms with Gasteiger partial charge >= 0.3 is 0 Å². The van der Waals surface area contributed by atoms with E-state index in [2.05, 4.69) is 0 Å². The Labute approximate surface area is 144 Å². The monoisotopic (exact) mass is 334 g/mol. The molecule has 1 unspecified atom stereocenters. The number of rotatable bonds is 2. The highest BCUT2D eigenvalue weighted by molar-refractivity contribution is 6.04. The largest absolute Gasteiger partial charge is 0.508 e. The highest BCUT2D eigenvalue weighted by atomic mass is 19.1. The van der Waals surface area contributed by atoms with Crippen molar-refractivity contribution in [2.75, 3.05) is 0 Å². The van der Waals surface area contributed by atoms with E-state index in [0.717, 1.165) is 11.1 Å². The Morgan fingerprint density at radius 3 is 2.28 bits per heavy atom. The maximum atomic E-state index is 14.1. The Balaban J connectivity index is 2.05. The first-order valence-corrected chi connectivity index (χ1v) is 7.93. The summed E-state index contributed by atoms with van der Waals surface area (Å²) in [5.41, 5.74) is 1.94. The second-order valence-corrected chi connectivity index (χ2v) is 6.26. The fraction of sp³-hybridized carbons (Fsp3) is 0.0952. The lowest BCUT2D eigenvalue weighted by molar-refractivity contribution is 0.0984. The van der Waals surface area contributed by atoms with E-state index in [9.17, 15) is 19.4 Å². The van der Waals surface area contributed by atoms with E-state index in [1.54, 1.807) is 42.5 Å². The van der Waals surface area contributed by atoms with Crippen LogP contribution >= 0.6 is 0 Å². The van der Waals surface area contributed by atoms with Crippen LogP contribution < -0.4 is 0 Å². The molecular formula is C21H15FO3. The van der Waals surface area contributed by atoms with E-state index >= 15 is 0 Å². The van der Waals surface area contributed by atoms with Crippen molar-refractivity contribution in [2.24, 2.45) is 0 Å². The van der Waals surface area contributed by atoms with Crippen molar-refractivity contribution in [3.05, 3.63) is 94.8 Å². The van der Waals surface area contributed by atoms with Gasteiger partial charge in [-0.3, -0.25) is 4.79 Å². The number of hydrogen-bond acceptors (Lipinski definition) is 3. The van der Waals surface area contributed by atoms with Crippen LogP contribution in [0, 0.1) is 5.82 Å². The molecular weight excluding hydrogens is 319 g/mol. The molecule has 1 aliphatic rings. The molecule has 0 fully saturated rings. The third-order valence-corrected chi connectivity index (χ3v) is 4.91. The molecule has 3 aromatic rings. The number of fused-ring (bicyclic) bond motifs is 1. The lowest BCUT2D eigenvalue weighted by Crippen LogP contribution is -2.27. The number of phenolic OH excluding ortho intramolecular Hbond substituents is 2. The lowest BCUT2D eigenvalue weighted by Gasteiger charge is -2.31. The van der Waals surface area contributed by atoms with Crippen molar-refractivity contribution in [1.29, 1.82) is 0 Å². The number of carbonyl (C=O) groups is 1. The lowest BCUT2D eigenvalue weighted by atomic mass is 9.70. The molecule has 0 spiro atoms. The van der Waals surface area contributed by atoms with Gasteiger partial charge in [0, 0.05) is 12.0 Å². The summed E-state index contributed by atoms with van der Waals surface area (Å²) in [7, 11) is 0. The molecule has 1 atom stereocenters. The molecule has 3 nitrogen and oxygen atoms in total. The Morgan fingerprint density at radius 1 is 0.880 bits per heavy atom. The molecule has 1 aliphatic carbocycles. The number of benzene rings is 3. The van der Waals surface area contributed by atoms with Crippen LogP contribution in [0.1, 0.15) is 33.5 Å². The van der Waals surface area contributed by atoms with Gasteiger partial charge in [0.1, 0.15) is 5.75 Å². The molecule has 0 bridgehead atoms. The van der Waals surface area contributed by atoms with Crippen LogP contribution in [0.3, 0.4) is 0 Å². The van der Waals surface area contributed by atoms with E-state index < -0.39 is 17.0 Å². The van der Waals surface area contributed by atoms with Crippen LogP contribution in [0.25, 0.3) is 0 Å². The van der Waals surface area contributed by atoms with Crippen LogP contribution in [0.2, 0.25) is 0 Å². The predicted octanol–water partition coefficient (Wildman–Crippen LogP) is 4.16. The number of carbonyl (C=O) groups excluding carboxylic acids is 1. The standard InChI is InChI=1S/C21H15FO3/c22-18-11-14(7-10-19(18)24)21(13-5-8-15(23)9-6-13)12-20(25)16-3-1-2-4-17(16)21/h1-11,23-24H,12H2. The Kier molecular flexibility index (Phi) is 3.35. The number of halogens is 1. The maximum Gasteiger partial charge on any atom is 0.165 e. The first-order valence-electron chi connectivity index (χ1n) is 7.93. The summed E-state index contributed by atoms with van der Waals surface area (Å²) in [5.74, 6) is -1.06. The van der Waals surface area contributed by atoms with Crippen LogP contribution in [-0.4, -0.2) is 16.0 Å². The molecule has 0 aliphatic heterocycles. The van der Waals surface area contributed by atoms with E-state index in [1.165, 1.54) is 12.1 Å². The molecule has 0 aromatic heterocycles. The van der Waals surface area contributed by atoms with Crippen molar-refractivity contribution < 1.29 is 19.4 Å². The zero-order valence-electron chi connectivity index (χ0n) is 13.2. The molecule has 4 rings (SSSR count). The molecule has 124 valence electrons. The molecule has 4 heteroatoms. The molecule has 3 aromatic carbocycles. The predicted molar refractivity (Wildman–Crippen MR) is 91.4 cm³/mol. The van der Waals surface area contributed by atoms with Gasteiger partial charge in [0.05, 0.1) is 5.41 Å². The average molecular weight is 334 g/mol. The second-order valence-electron chi connectivity index (χ2n) is 6.26. The molecule has 25 heavy (non-hydrogen) atoms. The van der Waals surface area contributed by atoms with E-state index in [4.69, 9.17) is 0 Å². The molecule has 0 saturated heterocycles. The summed E-state index contributed by atoms with van der Waals surface area (Å²) in [6.07, 6.45) is 0.168. The fourth-order valence-corrected chi connectivity index (χ4v) is 3.73. The van der Waals surface area contributed by atoms with Crippen molar-refractivity contribution in [3.8, 4) is 11.5 Å². The smallest absolute Gasteiger partial charge is 0.165 e. The van der Waals surface area contributed by atoms with Crippen molar-refractivity contribution in [1.82, 2.24) is 0 Å². The van der Waals surface area contributed by atoms with E-state index in [-0.39, 0.29) is 18.0 Å². The minimum absolute atomic E-state index is 0.0165. The Bertz CT molecular complexity index is 979. The number of phenols is 2. The Morgan fingerprint density at radius 2 is 1.56 bits per heavy atom. The highest BCUT2D eigenvalue weighted by Gasteiger charge is 2.46. The second kappa shape index (κ2) is 5.45. The van der Waals surface area contributed by atoms with Crippen LogP contribution in [0.4, 0.5) is 4.39 Å². The van der Waals surface area contributed by atoms with E-state index in [0.29, 0.717) is 11.1 Å². The summed E-state index contributed by atoms with van der Waals surface area (Å²) in [6, 6.07) is 18.1. The maximum absolute atomic E-state index is 14.1. The highest BCUT2D eigenvalue weighted by Crippen LogP contribution is 2.49. The number of aromatic hydroxyl groups is 2. The Hall–Kier alpha value is -3.14. The van der Waals surface area contributed by atoms with Crippen molar-refractivity contribution >= 4 is 5.78 Å². The summed E-state index contributed by atoms with van der Waals surface area (Å²) in [5, 5.41) is 19.2. The number of ketones is 1. The van der Waals surface area contributed by atoms with Gasteiger partial charge in [0.2, 0.25) is 0 Å². The molecule has 0 heterocycles. The summed E-state index contributed by atoms with van der Waals surface area (Å²) in [6.45, 7) is 0. The summed E-state index contributed by atoms with van der Waals surface area (Å²) >= 11 is 0. The molecule has 2 N–H and O–H groups in total. The van der Waals surface area contributed by atoms with Crippen LogP contribution in [0.5, 0.6) is 11.5 Å². The zero-order valence-corrected chi connectivity index (χ0v) is 13.2. The third-order valence-electron chi connectivity index (χ3n) is 4.91. The fourth-order valence-electron chi connectivity index (χ4n) is 3.73. The summed E-state index contributed by atoms with van der Waals surface area (Å²) in [4.78, 5) is 12.7. The van der Waals surface area contributed by atoms with Gasteiger partial charge in [-0.05, 0) is 41.0 Å². The summed E-state index contributed by atoms with van der Waals surface area (Å²) < 4.78 is 14.1. The number of hydrogen-bond donors (Lipinski definition) is 2. The topological polar surface area (TPSA) is 57.5 Å². The van der Waals surface area contributed by atoms with Crippen LogP contribution in [0.15, 0.2) is 66.7 Å². The van der Waals surface area contributed by atoms with Crippen molar-refractivity contribution in [3.63, 3.8) is 0 Å². The van der Waals surface area contributed by atoms with Crippen LogP contribution in [-0.2, 0) is 5.41 Å². The van der Waals surface area contributed by atoms with Gasteiger partial charge in [-0.2, -0.15) is 0 Å². The molecule has 0 radical (unpaired) electrons. The normalized spacial score (nSPS) is 19.0. The van der Waals surface area contributed by atoms with Crippen molar-refractivity contribution in [2.45, 2.75) is 11.8 Å². The van der Waals surface area contributed by atoms with E-state index in [1.807, 2.05) is 12.1 Å². The zero-order chi connectivity index (χ0) is 17.6. The quantitative estimate of drug-likeness (QED) is 0.740. The molecule has 0 saturated carbocycles. The average Bonchev–Trinajstić information content (AvgIpc) is 2.92. The number of Topliss-reactive ketones (excluding diaryl/α,β-unsaturated/α-hetero) is 1. The van der Waals surface area contributed by atoms with Gasteiger partial charge in [-0.1, -0.05) is 42.5 Å². The minimum Gasteiger partial charge on any atom is -0.508 e. The van der Waals surface area contributed by atoms with Gasteiger partial charge in [-0.15, -0.1) is 0 Å². The molecule has 0 amide bonds. The van der Waals surface area contributed by atoms with Gasteiger partial charge in [0.25, 0.3) is 0 Å².